The topological polar surface area (TPSA) is 72.2 Å². The van der Waals surface area contributed by atoms with Crippen LogP contribution in [-0.2, 0) is 4.79 Å². The van der Waals surface area contributed by atoms with Crippen LogP contribution in [0.1, 0.15) is 12.8 Å². The smallest absolute Gasteiger partial charge is 0.320 e. The number of hydrogen-bond donors (Lipinski definition) is 1. The molecule has 0 saturated carbocycles. The summed E-state index contributed by atoms with van der Waals surface area (Å²) in [6.07, 6.45) is 0.546. The maximum absolute atomic E-state index is 10.3. The highest BCUT2D eigenvalue weighted by atomic mass is 16.6. The number of amides is 1. The Labute approximate surface area is 58.6 Å². The maximum Gasteiger partial charge on any atom is 0.444 e. The average molecular weight is 146 g/mol. The molecule has 0 aromatic carbocycles. The third-order valence-corrected chi connectivity index (χ3v) is 1.02. The van der Waals surface area contributed by atoms with Crippen LogP contribution in [0.15, 0.2) is 0 Å². The SMILES string of the molecule is CNCCCC(=O)[N+](=O)[O-]. The van der Waals surface area contributed by atoms with Crippen molar-refractivity contribution < 1.29 is 9.72 Å². The summed E-state index contributed by atoms with van der Waals surface area (Å²) in [5.74, 6) is -0.907. The monoisotopic (exact) mass is 146 g/mol. The summed E-state index contributed by atoms with van der Waals surface area (Å²) in [5.41, 5.74) is 0. The Kier molecular flexibility index (Phi) is 4.39. The Morgan fingerprint density at radius 2 is 2.30 bits per heavy atom. The predicted octanol–water partition coefficient (Wildman–Crippen LogP) is -0.211. The molecule has 0 spiro atoms. The lowest BCUT2D eigenvalue weighted by molar-refractivity contribution is -0.402. The van der Waals surface area contributed by atoms with Crippen molar-refractivity contribution in [2.75, 3.05) is 13.6 Å². The van der Waals surface area contributed by atoms with E-state index in [-0.39, 0.29) is 6.42 Å². The van der Waals surface area contributed by atoms with Gasteiger partial charge in [0.25, 0.3) is 0 Å². The predicted molar refractivity (Wildman–Crippen MR) is 35.2 cm³/mol. The fourth-order valence-corrected chi connectivity index (χ4v) is 0.508. The van der Waals surface area contributed by atoms with Crippen molar-refractivity contribution in [3.05, 3.63) is 10.1 Å². The molecule has 0 fully saturated rings. The largest absolute Gasteiger partial charge is 0.444 e. The zero-order chi connectivity index (χ0) is 7.98. The van der Waals surface area contributed by atoms with Gasteiger partial charge in [-0.3, -0.25) is 10.1 Å². The number of hydrogen-bond acceptors (Lipinski definition) is 4. The van der Waals surface area contributed by atoms with Crippen molar-refractivity contribution in [1.82, 2.24) is 5.32 Å². The summed E-state index contributed by atoms with van der Waals surface area (Å²) < 4.78 is 0. The summed E-state index contributed by atoms with van der Waals surface area (Å²) in [6, 6.07) is 0. The third-order valence-electron chi connectivity index (χ3n) is 1.02. The van der Waals surface area contributed by atoms with E-state index in [1.54, 1.807) is 7.05 Å². The van der Waals surface area contributed by atoms with E-state index >= 15 is 0 Å². The second kappa shape index (κ2) is 4.87. The van der Waals surface area contributed by atoms with E-state index in [1.165, 1.54) is 0 Å². The Morgan fingerprint density at radius 3 is 2.70 bits per heavy atom. The van der Waals surface area contributed by atoms with Crippen LogP contribution in [0.3, 0.4) is 0 Å². The van der Waals surface area contributed by atoms with Gasteiger partial charge in [-0.2, -0.15) is 0 Å². The van der Waals surface area contributed by atoms with Crippen molar-refractivity contribution in [2.45, 2.75) is 12.8 Å². The number of nitrogens with one attached hydrogen (secondary N) is 1. The van der Waals surface area contributed by atoms with E-state index < -0.39 is 10.8 Å². The highest BCUT2D eigenvalue weighted by Gasteiger charge is 2.12. The fourth-order valence-electron chi connectivity index (χ4n) is 0.508. The van der Waals surface area contributed by atoms with Crippen LogP contribution in [0.25, 0.3) is 0 Å². The fraction of sp³-hybridized carbons (Fsp3) is 0.800. The zero-order valence-corrected chi connectivity index (χ0v) is 5.79. The van der Waals surface area contributed by atoms with Crippen molar-refractivity contribution in [3.63, 3.8) is 0 Å². The van der Waals surface area contributed by atoms with Crippen LogP contribution < -0.4 is 5.32 Å². The van der Waals surface area contributed by atoms with Crippen LogP contribution in [0.2, 0.25) is 0 Å². The molecule has 0 radical (unpaired) electrons. The molecule has 58 valence electrons. The van der Waals surface area contributed by atoms with Gasteiger partial charge in [-0.25, -0.2) is 4.79 Å². The molecule has 0 atom stereocenters. The maximum atomic E-state index is 10.3. The van der Waals surface area contributed by atoms with Gasteiger partial charge >= 0.3 is 5.91 Å². The van der Waals surface area contributed by atoms with Crippen LogP contribution in [0.5, 0.6) is 0 Å². The molecule has 0 bridgehead atoms. The average Bonchev–Trinajstić information content (AvgIpc) is 1.88. The van der Waals surface area contributed by atoms with Gasteiger partial charge < -0.3 is 5.32 Å². The van der Waals surface area contributed by atoms with E-state index in [1.807, 2.05) is 0 Å². The Balaban J connectivity index is 3.31. The van der Waals surface area contributed by atoms with Gasteiger partial charge in [-0.15, -0.1) is 0 Å². The number of rotatable bonds is 4. The highest BCUT2D eigenvalue weighted by molar-refractivity contribution is 5.66. The van der Waals surface area contributed by atoms with E-state index in [0.29, 0.717) is 13.0 Å². The number of carbonyl (C=O) groups excluding carboxylic acids is 1. The van der Waals surface area contributed by atoms with Crippen LogP contribution >= 0.6 is 0 Å². The van der Waals surface area contributed by atoms with Gasteiger partial charge in [0.15, 0.2) is 0 Å². The van der Waals surface area contributed by atoms with Crippen molar-refractivity contribution in [2.24, 2.45) is 0 Å². The van der Waals surface area contributed by atoms with Gasteiger partial charge in [-0.05, 0) is 20.0 Å². The molecule has 0 aliphatic rings. The lowest BCUT2D eigenvalue weighted by Crippen LogP contribution is -2.14. The Hall–Kier alpha value is -0.970. The number of carbonyl (C=O) groups is 1. The van der Waals surface area contributed by atoms with Gasteiger partial charge in [0.2, 0.25) is 0 Å². The molecular formula is C5H10N2O3. The molecule has 0 heterocycles. The Bertz CT molecular complexity index is 135. The standard InChI is InChI=1S/C5H10N2O3/c1-6-4-2-3-5(8)7(9)10/h6H,2-4H2,1H3. The van der Waals surface area contributed by atoms with Gasteiger partial charge in [0.05, 0.1) is 6.42 Å². The molecule has 10 heavy (non-hydrogen) atoms. The summed E-state index contributed by atoms with van der Waals surface area (Å²) in [4.78, 5) is 19.1. The normalized spacial score (nSPS) is 9.30. The molecule has 5 nitrogen and oxygen atoms in total. The van der Waals surface area contributed by atoms with E-state index in [0.717, 1.165) is 0 Å². The van der Waals surface area contributed by atoms with Crippen LogP contribution in [-0.4, -0.2) is 24.4 Å². The molecule has 0 saturated heterocycles. The first-order chi connectivity index (χ1) is 4.68. The minimum Gasteiger partial charge on any atom is -0.320 e. The minimum absolute atomic E-state index is 0.0217. The van der Waals surface area contributed by atoms with Crippen molar-refractivity contribution in [1.29, 1.82) is 0 Å². The van der Waals surface area contributed by atoms with Crippen LogP contribution in [0.4, 0.5) is 0 Å². The lowest BCUT2D eigenvalue weighted by atomic mass is 10.3. The van der Waals surface area contributed by atoms with Gasteiger partial charge in [-0.1, -0.05) is 0 Å². The molecule has 0 rings (SSSR count). The molecule has 0 aromatic rings. The second-order valence-electron chi connectivity index (χ2n) is 1.86. The quantitative estimate of drug-likeness (QED) is 0.338. The van der Waals surface area contributed by atoms with Crippen LogP contribution in [0, 0.1) is 10.1 Å². The first kappa shape index (κ1) is 9.03. The van der Waals surface area contributed by atoms with Gasteiger partial charge in [0.1, 0.15) is 4.92 Å². The van der Waals surface area contributed by atoms with E-state index in [4.69, 9.17) is 0 Å². The molecule has 1 amide bonds. The zero-order valence-electron chi connectivity index (χ0n) is 5.79. The molecule has 0 aliphatic heterocycles. The number of nitrogens with zero attached hydrogens (tertiary/aromatic N) is 1. The van der Waals surface area contributed by atoms with Crippen molar-refractivity contribution >= 4 is 5.91 Å². The van der Waals surface area contributed by atoms with Gasteiger partial charge in [0, 0.05) is 0 Å². The second-order valence-corrected chi connectivity index (χ2v) is 1.86. The molecule has 0 aliphatic carbocycles. The first-order valence-corrected chi connectivity index (χ1v) is 3.00. The molecule has 1 N–H and O–H groups in total. The minimum atomic E-state index is -0.907. The summed E-state index contributed by atoms with van der Waals surface area (Å²) in [7, 11) is 1.73. The third kappa shape index (κ3) is 3.96. The summed E-state index contributed by atoms with van der Waals surface area (Å²) in [5, 5.41) is 12.5. The first-order valence-electron chi connectivity index (χ1n) is 3.00. The lowest BCUT2D eigenvalue weighted by Gasteiger charge is -1.92. The summed E-state index contributed by atoms with van der Waals surface area (Å²) >= 11 is 0. The molecular weight excluding hydrogens is 136 g/mol. The van der Waals surface area contributed by atoms with Crippen molar-refractivity contribution in [3.8, 4) is 0 Å². The number of nitro groups is 1. The molecule has 0 aromatic heterocycles. The highest BCUT2D eigenvalue weighted by Crippen LogP contribution is 1.88. The molecule has 5 heteroatoms. The molecule has 0 unspecified atom stereocenters. The van der Waals surface area contributed by atoms with E-state index in [9.17, 15) is 14.9 Å². The Morgan fingerprint density at radius 1 is 1.70 bits per heavy atom. The summed E-state index contributed by atoms with van der Waals surface area (Å²) in [6.45, 7) is 0.638. The van der Waals surface area contributed by atoms with E-state index in [2.05, 4.69) is 5.32 Å².